The Kier molecular flexibility index (Phi) is 8.69. The number of hydrogen-bond donors (Lipinski definition) is 1. The summed E-state index contributed by atoms with van der Waals surface area (Å²) >= 11 is 0. The summed E-state index contributed by atoms with van der Waals surface area (Å²) in [6.45, 7) is 16.0. The Morgan fingerprint density at radius 1 is 0.964 bits per heavy atom. The quantitative estimate of drug-likeness (QED) is 0.585. The first-order valence-corrected chi connectivity index (χ1v) is 11.6. The number of rotatable bonds is 9. The van der Waals surface area contributed by atoms with Gasteiger partial charge in [-0.15, -0.1) is 0 Å². The van der Waals surface area contributed by atoms with E-state index in [9.17, 15) is 13.2 Å². The van der Waals surface area contributed by atoms with Crippen LogP contribution in [-0.4, -0.2) is 27.5 Å². The summed E-state index contributed by atoms with van der Waals surface area (Å²) < 4.78 is 34.5. The first-order valence-electron chi connectivity index (χ1n) is 10.1. The van der Waals surface area contributed by atoms with Gasteiger partial charge in [0.05, 0.1) is 12.0 Å². The Labute approximate surface area is 171 Å². The number of carbonyl (C=O) groups excluding carboxylic acids is 1. The van der Waals surface area contributed by atoms with E-state index in [0.717, 1.165) is 16.7 Å². The summed E-state index contributed by atoms with van der Waals surface area (Å²) in [7, 11) is -2.63. The summed E-state index contributed by atoms with van der Waals surface area (Å²) in [5.41, 5.74) is 2.70. The maximum Gasteiger partial charge on any atom is 0.324 e. The lowest BCUT2D eigenvalue weighted by molar-refractivity contribution is -0.143. The van der Waals surface area contributed by atoms with Crippen LogP contribution in [-0.2, 0) is 19.6 Å². The van der Waals surface area contributed by atoms with Crippen LogP contribution in [0.25, 0.3) is 0 Å². The molecule has 5 nitrogen and oxygen atoms in total. The van der Waals surface area contributed by atoms with Crippen molar-refractivity contribution in [1.82, 2.24) is 4.72 Å². The smallest absolute Gasteiger partial charge is 0.324 e. The summed E-state index contributed by atoms with van der Waals surface area (Å²) in [6.07, 6.45) is 0.655. The van der Waals surface area contributed by atoms with Crippen LogP contribution < -0.4 is 4.72 Å². The van der Waals surface area contributed by atoms with Gasteiger partial charge in [0.1, 0.15) is 6.04 Å². The highest BCUT2D eigenvalue weighted by Gasteiger charge is 2.34. The maximum absolute atomic E-state index is 13.5. The molecule has 0 radical (unpaired) electrons. The standard InChI is InChI=1S/C22H37NO4S/c1-10-16(8)20(22(24)27-9)23-28(25,26)21-18(14(4)5)11-17(13(2)3)12-19(21)15(6)7/h11-16,20,23H,10H2,1-9H3/t16-,20-/m0/s1. The van der Waals surface area contributed by atoms with Gasteiger partial charge < -0.3 is 4.74 Å². The van der Waals surface area contributed by atoms with Gasteiger partial charge in [-0.2, -0.15) is 4.72 Å². The summed E-state index contributed by atoms with van der Waals surface area (Å²) in [5.74, 6) is -0.385. The van der Waals surface area contributed by atoms with E-state index in [4.69, 9.17) is 4.74 Å². The van der Waals surface area contributed by atoms with Gasteiger partial charge in [-0.1, -0.05) is 73.9 Å². The number of nitrogens with one attached hydrogen (secondary N) is 1. The first-order chi connectivity index (χ1) is 12.9. The van der Waals surface area contributed by atoms with Crippen molar-refractivity contribution in [2.24, 2.45) is 5.92 Å². The van der Waals surface area contributed by atoms with Gasteiger partial charge in [-0.3, -0.25) is 4.79 Å². The lowest BCUT2D eigenvalue weighted by atomic mass is 9.89. The highest BCUT2D eigenvalue weighted by molar-refractivity contribution is 7.89. The predicted molar refractivity (Wildman–Crippen MR) is 114 cm³/mol. The largest absolute Gasteiger partial charge is 0.468 e. The molecule has 1 rings (SSSR count). The van der Waals surface area contributed by atoms with E-state index in [-0.39, 0.29) is 17.8 Å². The van der Waals surface area contributed by atoms with Gasteiger partial charge in [0.2, 0.25) is 10.0 Å². The summed E-state index contributed by atoms with van der Waals surface area (Å²) in [4.78, 5) is 12.6. The molecule has 28 heavy (non-hydrogen) atoms. The van der Waals surface area contributed by atoms with Crippen LogP contribution >= 0.6 is 0 Å². The van der Waals surface area contributed by atoms with E-state index in [1.165, 1.54) is 7.11 Å². The summed E-state index contributed by atoms with van der Waals surface area (Å²) in [6, 6.07) is 3.07. The molecule has 1 aromatic rings. The second-order valence-electron chi connectivity index (χ2n) is 8.50. The van der Waals surface area contributed by atoms with Gasteiger partial charge in [-0.05, 0) is 40.4 Å². The van der Waals surface area contributed by atoms with Gasteiger partial charge in [0.15, 0.2) is 0 Å². The molecule has 0 aromatic heterocycles. The fourth-order valence-corrected chi connectivity index (χ4v) is 5.18. The number of carbonyl (C=O) groups is 1. The number of esters is 1. The molecule has 6 heteroatoms. The van der Waals surface area contributed by atoms with E-state index in [2.05, 4.69) is 18.6 Å². The van der Waals surface area contributed by atoms with Crippen LogP contribution in [0.5, 0.6) is 0 Å². The third-order valence-electron chi connectivity index (χ3n) is 5.30. The maximum atomic E-state index is 13.5. The minimum atomic E-state index is -3.91. The van der Waals surface area contributed by atoms with Gasteiger partial charge in [0, 0.05) is 0 Å². The lowest BCUT2D eigenvalue weighted by Gasteiger charge is -2.26. The molecule has 0 fully saturated rings. The molecule has 160 valence electrons. The lowest BCUT2D eigenvalue weighted by Crippen LogP contribution is -2.46. The number of sulfonamides is 1. The van der Waals surface area contributed by atoms with Crippen molar-refractivity contribution in [2.75, 3.05) is 7.11 Å². The van der Waals surface area contributed by atoms with Gasteiger partial charge in [-0.25, -0.2) is 8.42 Å². The van der Waals surface area contributed by atoms with E-state index in [0.29, 0.717) is 17.2 Å². The third-order valence-corrected chi connectivity index (χ3v) is 6.87. The molecule has 1 aromatic carbocycles. The average Bonchev–Trinajstić information content (AvgIpc) is 2.63. The fraction of sp³-hybridized carbons (Fsp3) is 0.682. The zero-order valence-electron chi connectivity index (χ0n) is 18.8. The molecule has 1 N–H and O–H groups in total. The fourth-order valence-electron chi connectivity index (χ4n) is 3.19. The Bertz CT molecular complexity index is 753. The highest BCUT2D eigenvalue weighted by atomic mass is 32.2. The molecular weight excluding hydrogens is 374 g/mol. The second kappa shape index (κ2) is 9.88. The van der Waals surface area contributed by atoms with E-state index >= 15 is 0 Å². The van der Waals surface area contributed by atoms with Crippen molar-refractivity contribution < 1.29 is 17.9 Å². The molecule has 2 atom stereocenters. The molecule has 0 saturated heterocycles. The van der Waals surface area contributed by atoms with Crippen LogP contribution in [0.3, 0.4) is 0 Å². The Balaban J connectivity index is 3.68. The van der Waals surface area contributed by atoms with E-state index in [1.807, 2.05) is 53.7 Å². The second-order valence-corrected chi connectivity index (χ2v) is 10.2. The molecule has 0 unspecified atom stereocenters. The Morgan fingerprint density at radius 3 is 1.75 bits per heavy atom. The van der Waals surface area contributed by atoms with Crippen molar-refractivity contribution in [2.45, 2.75) is 90.5 Å². The summed E-state index contributed by atoms with van der Waals surface area (Å²) in [5, 5.41) is 0. The van der Waals surface area contributed by atoms with Crippen molar-refractivity contribution in [3.05, 3.63) is 28.8 Å². The Morgan fingerprint density at radius 2 is 1.43 bits per heavy atom. The van der Waals surface area contributed by atoms with Crippen LogP contribution in [0.15, 0.2) is 17.0 Å². The molecule has 0 heterocycles. The molecule has 0 spiro atoms. The van der Waals surface area contributed by atoms with Gasteiger partial charge >= 0.3 is 5.97 Å². The number of hydrogen-bond acceptors (Lipinski definition) is 4. The number of methoxy groups -OCH3 is 1. The minimum Gasteiger partial charge on any atom is -0.468 e. The normalized spacial score (nSPS) is 14.6. The molecule has 0 amide bonds. The van der Waals surface area contributed by atoms with Crippen LogP contribution in [0.1, 0.15) is 96.3 Å². The van der Waals surface area contributed by atoms with Crippen molar-refractivity contribution in [1.29, 1.82) is 0 Å². The minimum absolute atomic E-state index is 0.0305. The van der Waals surface area contributed by atoms with E-state index in [1.54, 1.807) is 0 Å². The average molecular weight is 412 g/mol. The topological polar surface area (TPSA) is 72.5 Å². The SMILES string of the molecule is CC[C@H](C)[C@H](NS(=O)(=O)c1c(C(C)C)cc(C(C)C)cc1C(C)C)C(=O)OC. The highest BCUT2D eigenvalue weighted by Crippen LogP contribution is 2.35. The molecule has 0 aliphatic rings. The Hall–Kier alpha value is -1.40. The van der Waals surface area contributed by atoms with Crippen LogP contribution in [0, 0.1) is 5.92 Å². The van der Waals surface area contributed by atoms with Crippen LogP contribution in [0.2, 0.25) is 0 Å². The molecule has 0 saturated carbocycles. The van der Waals surface area contributed by atoms with E-state index < -0.39 is 22.0 Å². The first kappa shape index (κ1) is 24.6. The molecule has 0 bridgehead atoms. The zero-order valence-corrected chi connectivity index (χ0v) is 19.6. The number of benzene rings is 1. The van der Waals surface area contributed by atoms with Crippen molar-refractivity contribution in [3.8, 4) is 0 Å². The zero-order chi connectivity index (χ0) is 21.8. The third kappa shape index (κ3) is 5.57. The molecule has 0 aliphatic carbocycles. The van der Waals surface area contributed by atoms with Gasteiger partial charge in [0.25, 0.3) is 0 Å². The van der Waals surface area contributed by atoms with Crippen LogP contribution in [0.4, 0.5) is 0 Å². The predicted octanol–water partition coefficient (Wildman–Crippen LogP) is 4.92. The molecule has 0 aliphatic heterocycles. The van der Waals surface area contributed by atoms with Crippen molar-refractivity contribution >= 4 is 16.0 Å². The van der Waals surface area contributed by atoms with Crippen molar-refractivity contribution in [3.63, 3.8) is 0 Å². The number of ether oxygens (including phenoxy) is 1. The molecular formula is C22H37NO4S. The monoisotopic (exact) mass is 411 g/mol.